The summed E-state index contributed by atoms with van der Waals surface area (Å²) in [5, 5.41) is 12.8. The molecule has 0 bridgehead atoms. The van der Waals surface area contributed by atoms with Gasteiger partial charge in [-0.1, -0.05) is 143 Å². The van der Waals surface area contributed by atoms with Gasteiger partial charge in [0.05, 0.1) is 33.0 Å². The third-order valence-corrected chi connectivity index (χ3v) is 9.32. The molecule has 0 heterocycles. The number of aliphatic hydroxyl groups is 1. The maximum Gasteiger partial charge on any atom is 0.116 e. The summed E-state index contributed by atoms with van der Waals surface area (Å²) in [7, 11) is 0. The fraction of sp³-hybridized carbons (Fsp3) is 0.268. The van der Waals surface area contributed by atoms with Gasteiger partial charge in [-0.3, -0.25) is 0 Å². The van der Waals surface area contributed by atoms with E-state index in [1.54, 1.807) is 0 Å². The number of aliphatic hydroxyl groups excluding tert-OH is 1. The van der Waals surface area contributed by atoms with Crippen LogP contribution in [0.5, 0.6) is 0 Å². The van der Waals surface area contributed by atoms with Crippen molar-refractivity contribution < 1.29 is 28.8 Å². The van der Waals surface area contributed by atoms with E-state index in [1.165, 1.54) is 0 Å². The molecule has 0 spiro atoms. The van der Waals surface area contributed by atoms with Crippen LogP contribution in [0.1, 0.15) is 27.8 Å². The van der Waals surface area contributed by atoms with Gasteiger partial charge in [0.2, 0.25) is 0 Å². The highest BCUT2D eigenvalue weighted by atomic mass is 79.9. The van der Waals surface area contributed by atoms with E-state index < -0.39 is 36.6 Å². The molecular weight excluding hydrogens is 704 g/mol. The molecule has 1 saturated carbocycles. The Labute approximate surface area is 301 Å². The molecule has 0 amide bonds. The van der Waals surface area contributed by atoms with Crippen molar-refractivity contribution in [2.24, 2.45) is 0 Å². The molecule has 0 radical (unpaired) electrons. The first-order chi connectivity index (χ1) is 24.0. The lowest BCUT2D eigenvalue weighted by Crippen LogP contribution is -2.66. The minimum atomic E-state index is -1.10. The molecule has 0 aromatic heterocycles. The Kier molecular flexibility index (Phi) is 13.1. The average molecular weight is 744 g/mol. The SMILES string of the molecule is O[C@@H]1[C@@H](OCc2ccccc2)[C@@H](OCc2ccc(Cl)cc2)[C@@H](OCc2ccccc2)[C@@H](OCc2ccc(Br)cc2)[C@H]1OCc1ccccc1. The molecule has 5 aromatic carbocycles. The number of halogens is 2. The smallest absolute Gasteiger partial charge is 0.116 e. The lowest BCUT2D eigenvalue weighted by molar-refractivity contribution is -0.283. The lowest BCUT2D eigenvalue weighted by atomic mass is 9.83. The summed E-state index contributed by atoms with van der Waals surface area (Å²) in [5.74, 6) is 0. The van der Waals surface area contributed by atoms with Gasteiger partial charge in [-0.15, -0.1) is 0 Å². The van der Waals surface area contributed by atoms with Crippen LogP contribution in [0.15, 0.2) is 144 Å². The van der Waals surface area contributed by atoms with Crippen molar-refractivity contribution in [2.45, 2.75) is 69.7 Å². The topological polar surface area (TPSA) is 66.4 Å². The standard InChI is InChI=1S/C41H40BrClO6/c42-34-20-16-32(17-21-34)27-47-39-37(45-24-29-10-4-1-5-11-29)36(44)38(46-25-30-12-6-2-7-13-30)40(48-28-33-18-22-35(43)23-19-33)41(39)49-26-31-14-8-3-9-15-31/h1-23,36-41,44H,24-28H2/t36-,37-,38+,39-,40+,41-/m0/s1. The largest absolute Gasteiger partial charge is 0.387 e. The second-order valence-electron chi connectivity index (χ2n) is 12.1. The molecule has 1 N–H and O–H groups in total. The van der Waals surface area contributed by atoms with Crippen LogP contribution in [-0.2, 0) is 56.7 Å². The summed E-state index contributed by atoms with van der Waals surface area (Å²) in [6, 6.07) is 45.2. The Balaban J connectivity index is 1.35. The van der Waals surface area contributed by atoms with Gasteiger partial charge in [0.15, 0.2) is 0 Å². The molecule has 1 aliphatic rings. The van der Waals surface area contributed by atoms with Crippen LogP contribution in [0.25, 0.3) is 0 Å². The number of rotatable bonds is 15. The zero-order chi connectivity index (χ0) is 33.8. The first kappa shape index (κ1) is 35.5. The summed E-state index contributed by atoms with van der Waals surface area (Å²) in [6.07, 6.45) is -4.81. The summed E-state index contributed by atoms with van der Waals surface area (Å²) in [5.41, 5.74) is 4.86. The van der Waals surface area contributed by atoms with E-state index in [4.69, 9.17) is 35.3 Å². The minimum Gasteiger partial charge on any atom is -0.387 e. The highest BCUT2D eigenvalue weighted by Crippen LogP contribution is 2.35. The van der Waals surface area contributed by atoms with Crippen LogP contribution in [0.3, 0.4) is 0 Å². The molecule has 1 aliphatic carbocycles. The van der Waals surface area contributed by atoms with Crippen LogP contribution in [-0.4, -0.2) is 41.7 Å². The van der Waals surface area contributed by atoms with E-state index in [2.05, 4.69) is 15.9 Å². The van der Waals surface area contributed by atoms with Crippen LogP contribution in [0.2, 0.25) is 5.02 Å². The van der Waals surface area contributed by atoms with Gasteiger partial charge in [0, 0.05) is 9.50 Å². The van der Waals surface area contributed by atoms with Crippen LogP contribution >= 0.6 is 27.5 Å². The van der Waals surface area contributed by atoms with E-state index in [1.807, 2.05) is 140 Å². The Morgan fingerprint density at radius 1 is 0.408 bits per heavy atom. The normalized spacial score (nSPS) is 22.2. The van der Waals surface area contributed by atoms with Gasteiger partial charge in [-0.25, -0.2) is 0 Å². The van der Waals surface area contributed by atoms with Gasteiger partial charge < -0.3 is 28.8 Å². The molecular formula is C41H40BrClO6. The van der Waals surface area contributed by atoms with Crippen molar-refractivity contribution >= 4 is 27.5 Å². The van der Waals surface area contributed by atoms with E-state index in [9.17, 15) is 5.11 Å². The van der Waals surface area contributed by atoms with Gasteiger partial charge in [-0.05, 0) is 52.1 Å². The van der Waals surface area contributed by atoms with Crippen molar-refractivity contribution in [2.75, 3.05) is 0 Å². The fourth-order valence-corrected chi connectivity index (χ4v) is 6.33. The molecule has 0 saturated heterocycles. The molecule has 0 aliphatic heterocycles. The summed E-state index contributed by atoms with van der Waals surface area (Å²) >= 11 is 9.70. The molecule has 8 heteroatoms. The second kappa shape index (κ2) is 18.0. The number of hydrogen-bond donors (Lipinski definition) is 1. The highest BCUT2D eigenvalue weighted by molar-refractivity contribution is 9.10. The lowest BCUT2D eigenvalue weighted by Gasteiger charge is -2.48. The quantitative estimate of drug-likeness (QED) is 0.116. The van der Waals surface area contributed by atoms with Crippen LogP contribution in [0, 0.1) is 0 Å². The van der Waals surface area contributed by atoms with E-state index in [0.29, 0.717) is 11.6 Å². The maximum absolute atomic E-state index is 12.2. The second-order valence-corrected chi connectivity index (χ2v) is 13.4. The molecule has 5 aromatic rings. The highest BCUT2D eigenvalue weighted by Gasteiger charge is 2.54. The van der Waals surface area contributed by atoms with Gasteiger partial charge in [0.1, 0.15) is 36.6 Å². The summed E-state index contributed by atoms with van der Waals surface area (Å²) in [6.45, 7) is 1.37. The van der Waals surface area contributed by atoms with Crippen molar-refractivity contribution in [1.29, 1.82) is 0 Å². The van der Waals surface area contributed by atoms with E-state index >= 15 is 0 Å². The fourth-order valence-electron chi connectivity index (χ4n) is 5.94. The first-order valence-electron chi connectivity index (χ1n) is 16.4. The van der Waals surface area contributed by atoms with Crippen molar-refractivity contribution in [3.05, 3.63) is 177 Å². The molecule has 6 nitrogen and oxygen atoms in total. The summed E-state index contributed by atoms with van der Waals surface area (Å²) < 4.78 is 34.3. The monoisotopic (exact) mass is 742 g/mol. The number of hydrogen-bond acceptors (Lipinski definition) is 6. The molecule has 6 atom stereocenters. The Morgan fingerprint density at radius 3 is 1.06 bits per heavy atom. The third-order valence-electron chi connectivity index (χ3n) is 8.54. The maximum atomic E-state index is 12.2. The van der Waals surface area contributed by atoms with E-state index in [0.717, 1.165) is 32.3 Å². The van der Waals surface area contributed by atoms with Crippen LogP contribution in [0.4, 0.5) is 0 Å². The van der Waals surface area contributed by atoms with Crippen molar-refractivity contribution in [3.8, 4) is 0 Å². The first-order valence-corrected chi connectivity index (χ1v) is 17.6. The van der Waals surface area contributed by atoms with Crippen LogP contribution < -0.4 is 0 Å². The predicted octanol–water partition coefficient (Wildman–Crippen LogP) is 8.70. The predicted molar refractivity (Wildman–Crippen MR) is 194 cm³/mol. The Bertz CT molecular complexity index is 1570. The zero-order valence-electron chi connectivity index (χ0n) is 27.0. The van der Waals surface area contributed by atoms with Gasteiger partial charge in [0.25, 0.3) is 0 Å². The molecule has 49 heavy (non-hydrogen) atoms. The Hall–Kier alpha value is -3.37. The molecule has 6 rings (SSSR count). The van der Waals surface area contributed by atoms with Gasteiger partial charge in [-0.2, -0.15) is 0 Å². The molecule has 254 valence electrons. The Morgan fingerprint density at radius 2 is 0.694 bits per heavy atom. The molecule has 0 unspecified atom stereocenters. The molecule has 1 fully saturated rings. The number of ether oxygens (including phenoxy) is 5. The van der Waals surface area contributed by atoms with Crippen molar-refractivity contribution in [3.63, 3.8) is 0 Å². The van der Waals surface area contributed by atoms with E-state index in [-0.39, 0.29) is 26.4 Å². The summed E-state index contributed by atoms with van der Waals surface area (Å²) in [4.78, 5) is 0. The average Bonchev–Trinajstić information content (AvgIpc) is 3.14. The third kappa shape index (κ3) is 10.1. The minimum absolute atomic E-state index is 0.250. The number of benzene rings is 5. The van der Waals surface area contributed by atoms with Gasteiger partial charge >= 0.3 is 0 Å². The zero-order valence-corrected chi connectivity index (χ0v) is 29.4. The van der Waals surface area contributed by atoms with Crippen molar-refractivity contribution in [1.82, 2.24) is 0 Å².